The number of ether oxygens (including phenoxy) is 1. The predicted molar refractivity (Wildman–Crippen MR) is 111 cm³/mol. The molecular weight excluding hydrogens is 443 g/mol. The number of rotatable bonds is 5. The van der Waals surface area contributed by atoms with Gasteiger partial charge in [-0.25, -0.2) is 0 Å². The highest BCUT2D eigenvalue weighted by Crippen LogP contribution is 2.26. The molecule has 1 aliphatic heterocycles. The summed E-state index contributed by atoms with van der Waals surface area (Å²) in [4.78, 5) is 44.8. The second-order valence-electron chi connectivity index (χ2n) is 8.04. The second kappa shape index (κ2) is 10.7. The Kier molecular flexibility index (Phi) is 8.01. The normalized spacial score (nSPS) is 20.4. The van der Waals surface area contributed by atoms with Gasteiger partial charge in [-0.05, 0) is 25.0 Å². The van der Waals surface area contributed by atoms with Crippen molar-refractivity contribution < 1.29 is 32.3 Å². The van der Waals surface area contributed by atoms with Crippen molar-refractivity contribution in [3.63, 3.8) is 0 Å². The molecule has 0 bridgehead atoms. The first-order valence-corrected chi connectivity index (χ1v) is 10.7. The maximum atomic E-state index is 12.9. The van der Waals surface area contributed by atoms with Crippen LogP contribution in [-0.4, -0.2) is 72.0 Å². The van der Waals surface area contributed by atoms with E-state index in [0.29, 0.717) is 19.8 Å². The number of morpholine rings is 1. The molecule has 1 aliphatic carbocycles. The molecular formula is C21H26F3N5O4. The smallest absolute Gasteiger partial charge is 0.383 e. The number of aromatic nitrogens is 1. The summed E-state index contributed by atoms with van der Waals surface area (Å²) >= 11 is 0. The van der Waals surface area contributed by atoms with Crippen LogP contribution in [0.3, 0.4) is 0 Å². The molecule has 0 radical (unpaired) electrons. The Morgan fingerprint density at radius 2 is 1.94 bits per heavy atom. The van der Waals surface area contributed by atoms with Gasteiger partial charge < -0.3 is 20.7 Å². The molecule has 1 unspecified atom stereocenters. The number of aliphatic imine (C=N–C) groups is 1. The van der Waals surface area contributed by atoms with Gasteiger partial charge in [-0.1, -0.05) is 19.3 Å². The molecule has 2 heterocycles. The Labute approximate surface area is 188 Å². The lowest BCUT2D eigenvalue weighted by Gasteiger charge is -2.38. The van der Waals surface area contributed by atoms with Crippen LogP contribution in [-0.2, 0) is 14.3 Å². The molecule has 0 aromatic carbocycles. The third-order valence-corrected chi connectivity index (χ3v) is 5.72. The third-order valence-electron chi connectivity index (χ3n) is 5.72. The van der Waals surface area contributed by atoms with Gasteiger partial charge >= 0.3 is 12.1 Å². The van der Waals surface area contributed by atoms with E-state index in [2.05, 4.69) is 15.3 Å². The number of carbonyl (C=O) groups excluding carboxylic acids is 3. The van der Waals surface area contributed by atoms with Crippen molar-refractivity contribution in [2.24, 2.45) is 16.6 Å². The molecule has 1 aromatic heterocycles. The number of hydrogen-bond donors (Lipinski definition) is 2. The number of amidine groups is 1. The molecule has 2 fully saturated rings. The molecule has 3 rings (SSSR count). The minimum atomic E-state index is -5.13. The maximum Gasteiger partial charge on any atom is 0.473 e. The number of alkyl halides is 3. The van der Waals surface area contributed by atoms with Crippen LogP contribution in [0, 0.1) is 5.92 Å². The first-order chi connectivity index (χ1) is 15.7. The molecule has 12 heteroatoms. The molecule has 1 saturated carbocycles. The summed E-state index contributed by atoms with van der Waals surface area (Å²) in [5.74, 6) is -3.40. The number of nitrogens with zero attached hydrogens (tertiary/aromatic N) is 3. The van der Waals surface area contributed by atoms with E-state index >= 15 is 0 Å². The molecule has 3 amide bonds. The van der Waals surface area contributed by atoms with Crippen molar-refractivity contribution in [3.8, 4) is 0 Å². The number of nitrogens with one attached hydrogen (secondary N) is 1. The molecule has 33 heavy (non-hydrogen) atoms. The van der Waals surface area contributed by atoms with Crippen LogP contribution in [0.5, 0.6) is 0 Å². The summed E-state index contributed by atoms with van der Waals surface area (Å²) in [5, 5.41) is 2.72. The number of halogens is 3. The first-order valence-electron chi connectivity index (χ1n) is 10.7. The minimum Gasteiger partial charge on any atom is -0.383 e. The highest BCUT2D eigenvalue weighted by molar-refractivity contribution is 6.05. The standard InChI is InChI=1S/C21H26F3N5O4/c22-21(23,24)20(32)28-17(25)14-6-7-16(26-10-14)18(30)27-11-15-12-33-9-8-29(15)19(31)13-4-2-1-3-5-13/h6-7,10,13,15H,1-5,8-9,11-12H2,(H,27,30)(H2,25,28,32). The van der Waals surface area contributed by atoms with E-state index in [9.17, 15) is 27.6 Å². The van der Waals surface area contributed by atoms with Gasteiger partial charge in [0.1, 0.15) is 11.5 Å². The summed E-state index contributed by atoms with van der Waals surface area (Å²) in [6.45, 7) is 1.40. The molecule has 2 aliphatic rings. The van der Waals surface area contributed by atoms with E-state index in [4.69, 9.17) is 10.5 Å². The van der Waals surface area contributed by atoms with Gasteiger partial charge in [0, 0.05) is 30.8 Å². The summed E-state index contributed by atoms with van der Waals surface area (Å²) in [6.07, 6.45) is 0.924. The van der Waals surface area contributed by atoms with Gasteiger partial charge in [0.05, 0.1) is 19.3 Å². The van der Waals surface area contributed by atoms with E-state index in [-0.39, 0.29) is 35.7 Å². The number of hydrogen-bond acceptors (Lipinski definition) is 5. The molecule has 9 nitrogen and oxygen atoms in total. The maximum absolute atomic E-state index is 12.9. The summed E-state index contributed by atoms with van der Waals surface area (Å²) in [6, 6.07) is 2.20. The van der Waals surface area contributed by atoms with Crippen LogP contribution in [0.1, 0.15) is 48.2 Å². The van der Waals surface area contributed by atoms with Crippen molar-refractivity contribution in [2.45, 2.75) is 44.3 Å². The SMILES string of the molecule is NC(=NC(=O)C(F)(F)F)c1ccc(C(=O)NCC2COCCN2C(=O)C2CCCCC2)nc1. The Morgan fingerprint density at radius 3 is 2.58 bits per heavy atom. The van der Waals surface area contributed by atoms with Crippen LogP contribution in [0.4, 0.5) is 13.2 Å². The lowest BCUT2D eigenvalue weighted by atomic mass is 9.88. The van der Waals surface area contributed by atoms with Crippen LogP contribution in [0.2, 0.25) is 0 Å². The zero-order valence-corrected chi connectivity index (χ0v) is 17.9. The highest BCUT2D eigenvalue weighted by atomic mass is 19.4. The van der Waals surface area contributed by atoms with Crippen LogP contribution >= 0.6 is 0 Å². The van der Waals surface area contributed by atoms with E-state index < -0.39 is 23.8 Å². The third kappa shape index (κ3) is 6.50. The number of carbonyl (C=O) groups is 3. The second-order valence-corrected chi connectivity index (χ2v) is 8.04. The molecule has 180 valence electrons. The Bertz CT molecular complexity index is 898. The van der Waals surface area contributed by atoms with Gasteiger partial charge in [-0.3, -0.25) is 19.4 Å². The fourth-order valence-electron chi connectivity index (χ4n) is 3.92. The lowest BCUT2D eigenvalue weighted by molar-refractivity contribution is -0.169. The van der Waals surface area contributed by atoms with E-state index in [0.717, 1.165) is 38.3 Å². The highest BCUT2D eigenvalue weighted by Gasteiger charge is 2.39. The van der Waals surface area contributed by atoms with Crippen molar-refractivity contribution in [2.75, 3.05) is 26.3 Å². The van der Waals surface area contributed by atoms with E-state index in [1.165, 1.54) is 12.1 Å². The summed E-state index contributed by atoms with van der Waals surface area (Å²) in [5.41, 5.74) is 5.38. The molecule has 0 spiro atoms. The number of pyridine rings is 1. The Balaban J connectivity index is 1.58. The van der Waals surface area contributed by atoms with Gasteiger partial charge in [-0.2, -0.15) is 18.2 Å². The van der Waals surface area contributed by atoms with E-state index in [1.807, 2.05) is 0 Å². The summed E-state index contributed by atoms with van der Waals surface area (Å²) < 4.78 is 42.4. The van der Waals surface area contributed by atoms with Gasteiger partial charge in [0.25, 0.3) is 5.91 Å². The fourth-order valence-corrected chi connectivity index (χ4v) is 3.92. The largest absolute Gasteiger partial charge is 0.473 e. The molecule has 1 aromatic rings. The zero-order chi connectivity index (χ0) is 24.0. The van der Waals surface area contributed by atoms with Crippen LogP contribution in [0.15, 0.2) is 23.3 Å². The molecule has 1 saturated heterocycles. The fraction of sp³-hybridized carbons (Fsp3) is 0.571. The number of amides is 3. The first kappa shape index (κ1) is 24.6. The topological polar surface area (TPSA) is 127 Å². The zero-order valence-electron chi connectivity index (χ0n) is 17.9. The van der Waals surface area contributed by atoms with Crippen molar-refractivity contribution in [3.05, 3.63) is 29.6 Å². The Morgan fingerprint density at radius 1 is 1.21 bits per heavy atom. The minimum absolute atomic E-state index is 0.00409. The van der Waals surface area contributed by atoms with Crippen molar-refractivity contribution in [1.82, 2.24) is 15.2 Å². The monoisotopic (exact) mass is 469 g/mol. The predicted octanol–water partition coefficient (Wildman–Crippen LogP) is 1.41. The average molecular weight is 469 g/mol. The van der Waals surface area contributed by atoms with Gasteiger partial charge in [0.2, 0.25) is 5.91 Å². The summed E-state index contributed by atoms with van der Waals surface area (Å²) in [7, 11) is 0. The average Bonchev–Trinajstić information content (AvgIpc) is 2.82. The van der Waals surface area contributed by atoms with Gasteiger partial charge in [0.15, 0.2) is 0 Å². The molecule has 3 N–H and O–H groups in total. The lowest BCUT2D eigenvalue weighted by Crippen LogP contribution is -2.55. The van der Waals surface area contributed by atoms with Crippen molar-refractivity contribution >= 4 is 23.6 Å². The van der Waals surface area contributed by atoms with Crippen LogP contribution < -0.4 is 11.1 Å². The van der Waals surface area contributed by atoms with Gasteiger partial charge in [-0.15, -0.1) is 0 Å². The molecule has 1 atom stereocenters. The Hall–Kier alpha value is -3.02. The van der Waals surface area contributed by atoms with Crippen LogP contribution in [0.25, 0.3) is 0 Å². The van der Waals surface area contributed by atoms with E-state index in [1.54, 1.807) is 4.90 Å². The van der Waals surface area contributed by atoms with Crippen molar-refractivity contribution in [1.29, 1.82) is 0 Å². The number of nitrogens with two attached hydrogens (primary N) is 1. The quantitative estimate of drug-likeness (QED) is 0.496.